The molecule has 1 N–H and O–H groups in total. The van der Waals surface area contributed by atoms with Gasteiger partial charge in [0.05, 0.1) is 17.9 Å². The van der Waals surface area contributed by atoms with Crippen molar-refractivity contribution in [3.8, 4) is 0 Å². The minimum atomic E-state index is -0.638. The average Bonchev–Trinajstić information content (AvgIpc) is 3.31. The van der Waals surface area contributed by atoms with Crippen molar-refractivity contribution < 1.29 is 9.59 Å². The Hall–Kier alpha value is -3.74. The van der Waals surface area contributed by atoms with Crippen LogP contribution < -0.4 is 10.2 Å². The van der Waals surface area contributed by atoms with Gasteiger partial charge in [0.1, 0.15) is 12.4 Å². The van der Waals surface area contributed by atoms with Crippen LogP contribution in [-0.2, 0) is 11.3 Å². The van der Waals surface area contributed by atoms with Gasteiger partial charge in [-0.2, -0.15) is 5.10 Å². The summed E-state index contributed by atoms with van der Waals surface area (Å²) in [5.74, 6) is -0.372. The number of nitrogens with zero attached hydrogens (tertiary/aromatic N) is 4. The molecule has 0 aliphatic carbocycles. The summed E-state index contributed by atoms with van der Waals surface area (Å²) < 4.78 is 1.68. The molecule has 0 spiro atoms. The first-order chi connectivity index (χ1) is 13.6. The van der Waals surface area contributed by atoms with E-state index in [1.165, 1.54) is 6.33 Å². The molecule has 1 aliphatic heterocycles. The van der Waals surface area contributed by atoms with Crippen molar-refractivity contribution in [2.45, 2.75) is 19.5 Å². The van der Waals surface area contributed by atoms with Crippen LogP contribution in [0.2, 0.25) is 0 Å². The quantitative estimate of drug-likeness (QED) is 0.598. The molecular weight excluding hydrogens is 354 g/mol. The lowest BCUT2D eigenvalue weighted by Crippen LogP contribution is -2.46. The molecule has 0 saturated heterocycles. The highest BCUT2D eigenvalue weighted by atomic mass is 16.2. The van der Waals surface area contributed by atoms with Crippen molar-refractivity contribution >= 4 is 33.9 Å². The minimum Gasteiger partial charge on any atom is -0.349 e. The van der Waals surface area contributed by atoms with E-state index in [9.17, 15) is 9.59 Å². The number of hydrogen-bond acceptors (Lipinski definition) is 4. The van der Waals surface area contributed by atoms with Crippen molar-refractivity contribution in [3.05, 3.63) is 72.2 Å². The molecule has 0 fully saturated rings. The molecule has 0 radical (unpaired) electrons. The number of nitrogens with one attached hydrogen (secondary N) is 1. The molecule has 5 rings (SSSR count). The van der Waals surface area contributed by atoms with Gasteiger partial charge in [0.25, 0.3) is 5.91 Å². The van der Waals surface area contributed by atoms with Gasteiger partial charge in [-0.1, -0.05) is 30.3 Å². The van der Waals surface area contributed by atoms with Crippen LogP contribution in [-0.4, -0.2) is 32.5 Å². The highest BCUT2D eigenvalue weighted by Crippen LogP contribution is 2.38. The van der Waals surface area contributed by atoms with Crippen LogP contribution in [0.15, 0.2) is 60.9 Å². The Balaban J connectivity index is 1.40. The van der Waals surface area contributed by atoms with Gasteiger partial charge in [-0.05, 0) is 36.6 Å². The van der Waals surface area contributed by atoms with Crippen LogP contribution in [0.25, 0.3) is 16.4 Å². The number of amides is 2. The predicted molar refractivity (Wildman–Crippen MR) is 105 cm³/mol. The number of carbonyl (C=O) groups excluding carboxylic acids is 2. The van der Waals surface area contributed by atoms with Gasteiger partial charge in [0.15, 0.2) is 5.65 Å². The van der Waals surface area contributed by atoms with E-state index in [2.05, 4.69) is 15.4 Å². The molecule has 1 aliphatic rings. The number of anilines is 1. The molecule has 2 aromatic carbocycles. The van der Waals surface area contributed by atoms with E-state index in [0.29, 0.717) is 12.1 Å². The maximum atomic E-state index is 13.0. The molecule has 138 valence electrons. The summed E-state index contributed by atoms with van der Waals surface area (Å²) in [4.78, 5) is 31.5. The van der Waals surface area contributed by atoms with Crippen molar-refractivity contribution in [3.63, 3.8) is 0 Å². The Morgan fingerprint density at radius 3 is 2.75 bits per heavy atom. The van der Waals surface area contributed by atoms with E-state index in [-0.39, 0.29) is 11.8 Å². The molecule has 7 heteroatoms. The molecule has 2 amide bonds. The fraction of sp³-hybridized carbons (Fsp3) is 0.143. The maximum absolute atomic E-state index is 13.0. The van der Waals surface area contributed by atoms with Crippen LogP contribution >= 0.6 is 0 Å². The van der Waals surface area contributed by atoms with E-state index < -0.39 is 6.04 Å². The van der Waals surface area contributed by atoms with Gasteiger partial charge in [0.2, 0.25) is 5.91 Å². The standard InChI is InChI=1S/C21H17N5O2/c1-13(20(27)22-11-15-7-4-10-18-23-12-24-26(15)18)25-17-9-3-6-14-5-2-8-16(19(14)17)21(25)28/h2-10,12-13H,11H2,1H3,(H,22,27). The zero-order chi connectivity index (χ0) is 19.3. The highest BCUT2D eigenvalue weighted by molar-refractivity contribution is 6.26. The summed E-state index contributed by atoms with van der Waals surface area (Å²) in [7, 11) is 0. The second-order valence-electron chi connectivity index (χ2n) is 6.80. The van der Waals surface area contributed by atoms with E-state index in [1.54, 1.807) is 16.3 Å². The number of pyridine rings is 1. The van der Waals surface area contributed by atoms with Gasteiger partial charge < -0.3 is 5.32 Å². The van der Waals surface area contributed by atoms with Crippen LogP contribution in [0.1, 0.15) is 23.0 Å². The SMILES string of the molecule is CC(C(=O)NCc1cccc2ncnn12)N1C(=O)c2cccc3cccc1c23. The predicted octanol–water partition coefficient (Wildman–Crippen LogP) is 2.55. The number of fused-ring (bicyclic) bond motifs is 1. The average molecular weight is 371 g/mol. The van der Waals surface area contributed by atoms with E-state index in [4.69, 9.17) is 0 Å². The molecule has 7 nitrogen and oxygen atoms in total. The van der Waals surface area contributed by atoms with E-state index >= 15 is 0 Å². The van der Waals surface area contributed by atoms with Crippen LogP contribution in [0.4, 0.5) is 5.69 Å². The molecule has 3 heterocycles. The summed E-state index contributed by atoms with van der Waals surface area (Å²) in [6.07, 6.45) is 1.48. The zero-order valence-corrected chi connectivity index (χ0v) is 15.2. The third-order valence-corrected chi connectivity index (χ3v) is 5.18. The van der Waals surface area contributed by atoms with Gasteiger partial charge in [-0.25, -0.2) is 9.50 Å². The molecule has 4 aromatic rings. The molecule has 28 heavy (non-hydrogen) atoms. The maximum Gasteiger partial charge on any atom is 0.259 e. The van der Waals surface area contributed by atoms with Gasteiger partial charge in [0, 0.05) is 10.9 Å². The number of benzene rings is 2. The molecule has 0 saturated carbocycles. The number of carbonyl (C=O) groups is 2. The second kappa shape index (κ2) is 6.16. The first-order valence-electron chi connectivity index (χ1n) is 9.06. The van der Waals surface area contributed by atoms with Crippen molar-refractivity contribution in [2.24, 2.45) is 0 Å². The largest absolute Gasteiger partial charge is 0.349 e. The van der Waals surface area contributed by atoms with Crippen LogP contribution in [0.3, 0.4) is 0 Å². The summed E-state index contributed by atoms with van der Waals surface area (Å²) in [6.45, 7) is 2.04. The number of hydrogen-bond donors (Lipinski definition) is 1. The van der Waals surface area contributed by atoms with Gasteiger partial charge >= 0.3 is 0 Å². The van der Waals surface area contributed by atoms with E-state index in [1.807, 2.05) is 54.6 Å². The molecule has 1 atom stereocenters. The van der Waals surface area contributed by atoms with Gasteiger partial charge in [-0.15, -0.1) is 0 Å². The van der Waals surface area contributed by atoms with Gasteiger partial charge in [-0.3, -0.25) is 14.5 Å². The Morgan fingerprint density at radius 2 is 1.89 bits per heavy atom. The monoisotopic (exact) mass is 371 g/mol. The third kappa shape index (κ3) is 2.36. The topological polar surface area (TPSA) is 79.6 Å². The lowest BCUT2D eigenvalue weighted by Gasteiger charge is -2.24. The first-order valence-corrected chi connectivity index (χ1v) is 9.06. The molecular formula is C21H17N5O2. The Bertz CT molecular complexity index is 1240. The van der Waals surface area contributed by atoms with E-state index in [0.717, 1.165) is 27.8 Å². The molecule has 0 bridgehead atoms. The van der Waals surface area contributed by atoms with Crippen molar-refractivity contribution in [1.29, 1.82) is 0 Å². The fourth-order valence-electron chi connectivity index (χ4n) is 3.80. The molecule has 1 unspecified atom stereocenters. The Kier molecular flexibility index (Phi) is 3.61. The summed E-state index contributed by atoms with van der Waals surface area (Å²) >= 11 is 0. The zero-order valence-electron chi connectivity index (χ0n) is 15.2. The first kappa shape index (κ1) is 16.4. The second-order valence-corrected chi connectivity index (χ2v) is 6.80. The normalized spacial score (nSPS) is 14.0. The highest BCUT2D eigenvalue weighted by Gasteiger charge is 2.35. The fourth-order valence-corrected chi connectivity index (χ4v) is 3.80. The third-order valence-electron chi connectivity index (χ3n) is 5.18. The van der Waals surface area contributed by atoms with Crippen LogP contribution in [0.5, 0.6) is 0 Å². The Morgan fingerprint density at radius 1 is 1.11 bits per heavy atom. The lowest BCUT2D eigenvalue weighted by molar-refractivity contribution is -0.122. The van der Waals surface area contributed by atoms with Crippen molar-refractivity contribution in [1.82, 2.24) is 19.9 Å². The smallest absolute Gasteiger partial charge is 0.259 e. The van der Waals surface area contributed by atoms with Crippen molar-refractivity contribution in [2.75, 3.05) is 4.90 Å². The summed E-state index contributed by atoms with van der Waals surface area (Å²) in [5, 5.41) is 8.99. The number of aromatic nitrogens is 3. The Labute approximate surface area is 160 Å². The summed E-state index contributed by atoms with van der Waals surface area (Å²) in [6, 6.07) is 16.4. The number of rotatable bonds is 4. The summed E-state index contributed by atoms with van der Waals surface area (Å²) in [5.41, 5.74) is 2.95. The minimum absolute atomic E-state index is 0.146. The molecule has 2 aromatic heterocycles. The lowest BCUT2D eigenvalue weighted by atomic mass is 10.1. The van der Waals surface area contributed by atoms with Crippen LogP contribution in [0, 0.1) is 0 Å².